The number of carbonyl (C=O) groups is 1. The molecule has 0 heterocycles. The Labute approximate surface area is 123 Å². The van der Waals surface area contributed by atoms with Gasteiger partial charge in [-0.25, -0.2) is 13.2 Å². The molecule has 0 aliphatic heterocycles. The standard InChI is InChI=1S/C13H17N3O4S/c1-3-16(8-9(2)7-14)21(19,20)12-5-4-10(13(17)18)6-11(12)15/h4-6,9H,3,8,15H2,1-2H3,(H,17,18). The van der Waals surface area contributed by atoms with E-state index < -0.39 is 21.9 Å². The lowest BCUT2D eigenvalue weighted by Crippen LogP contribution is -2.34. The Balaban J connectivity index is 3.23. The predicted octanol–water partition coefficient (Wildman–Crippen LogP) is 1.14. The van der Waals surface area contributed by atoms with E-state index in [0.717, 1.165) is 10.4 Å². The molecule has 0 saturated heterocycles. The van der Waals surface area contributed by atoms with Crippen molar-refractivity contribution in [1.82, 2.24) is 4.31 Å². The summed E-state index contributed by atoms with van der Waals surface area (Å²) in [5.74, 6) is -1.64. The number of nitriles is 1. The fraction of sp³-hybridized carbons (Fsp3) is 0.385. The Kier molecular flexibility index (Phi) is 5.29. The molecule has 0 aromatic heterocycles. The number of rotatable bonds is 6. The molecule has 1 aromatic rings. The van der Waals surface area contributed by atoms with Crippen molar-refractivity contribution in [1.29, 1.82) is 5.26 Å². The van der Waals surface area contributed by atoms with E-state index in [-0.39, 0.29) is 29.2 Å². The van der Waals surface area contributed by atoms with Crippen molar-refractivity contribution in [2.75, 3.05) is 18.8 Å². The smallest absolute Gasteiger partial charge is 0.335 e. The fourth-order valence-electron chi connectivity index (χ4n) is 1.80. The van der Waals surface area contributed by atoms with Crippen LogP contribution in [0.1, 0.15) is 24.2 Å². The molecule has 1 unspecified atom stereocenters. The third-order valence-electron chi connectivity index (χ3n) is 2.93. The first-order valence-corrected chi connectivity index (χ1v) is 7.70. The molecular weight excluding hydrogens is 294 g/mol. The Morgan fingerprint density at radius 1 is 1.52 bits per heavy atom. The van der Waals surface area contributed by atoms with Crippen molar-refractivity contribution in [3.63, 3.8) is 0 Å². The molecule has 1 aromatic carbocycles. The molecule has 8 heteroatoms. The summed E-state index contributed by atoms with van der Waals surface area (Å²) in [6.07, 6.45) is 0. The molecule has 21 heavy (non-hydrogen) atoms. The molecule has 0 aliphatic rings. The molecule has 0 bridgehead atoms. The molecule has 7 nitrogen and oxygen atoms in total. The van der Waals surface area contributed by atoms with Gasteiger partial charge in [0.25, 0.3) is 0 Å². The maximum absolute atomic E-state index is 12.5. The van der Waals surface area contributed by atoms with Crippen LogP contribution in [0.15, 0.2) is 23.1 Å². The lowest BCUT2D eigenvalue weighted by atomic mass is 10.2. The van der Waals surface area contributed by atoms with Crippen LogP contribution in [0, 0.1) is 17.2 Å². The van der Waals surface area contributed by atoms with Gasteiger partial charge in [0.05, 0.1) is 23.2 Å². The predicted molar refractivity (Wildman–Crippen MR) is 77.0 cm³/mol. The monoisotopic (exact) mass is 311 g/mol. The average Bonchev–Trinajstić information content (AvgIpc) is 2.43. The van der Waals surface area contributed by atoms with Crippen LogP contribution in [0.4, 0.5) is 5.69 Å². The lowest BCUT2D eigenvalue weighted by Gasteiger charge is -2.22. The van der Waals surface area contributed by atoms with Gasteiger partial charge in [0.1, 0.15) is 4.90 Å². The van der Waals surface area contributed by atoms with Gasteiger partial charge in [-0.1, -0.05) is 6.92 Å². The normalized spacial score (nSPS) is 12.9. The quantitative estimate of drug-likeness (QED) is 0.759. The first-order valence-electron chi connectivity index (χ1n) is 6.26. The zero-order chi connectivity index (χ0) is 16.2. The van der Waals surface area contributed by atoms with E-state index in [2.05, 4.69) is 0 Å². The van der Waals surface area contributed by atoms with Gasteiger partial charge in [0, 0.05) is 13.1 Å². The van der Waals surface area contributed by atoms with Crippen LogP contribution < -0.4 is 5.73 Å². The maximum Gasteiger partial charge on any atom is 0.335 e. The number of anilines is 1. The van der Waals surface area contributed by atoms with E-state index in [1.165, 1.54) is 12.1 Å². The number of nitrogen functional groups attached to an aromatic ring is 1. The molecule has 1 atom stereocenters. The summed E-state index contributed by atoms with van der Waals surface area (Å²) < 4.78 is 26.2. The highest BCUT2D eigenvalue weighted by Gasteiger charge is 2.27. The topological polar surface area (TPSA) is 124 Å². The molecule has 0 spiro atoms. The van der Waals surface area contributed by atoms with E-state index in [1.54, 1.807) is 13.8 Å². The van der Waals surface area contributed by atoms with Crippen molar-refractivity contribution in [2.45, 2.75) is 18.7 Å². The largest absolute Gasteiger partial charge is 0.478 e. The molecule has 0 amide bonds. The summed E-state index contributed by atoms with van der Waals surface area (Å²) in [5.41, 5.74) is 5.46. The summed E-state index contributed by atoms with van der Waals surface area (Å²) >= 11 is 0. The van der Waals surface area contributed by atoms with Crippen molar-refractivity contribution >= 4 is 21.7 Å². The van der Waals surface area contributed by atoms with Gasteiger partial charge in [-0.2, -0.15) is 9.57 Å². The first kappa shape index (κ1) is 16.9. The molecule has 3 N–H and O–H groups in total. The maximum atomic E-state index is 12.5. The van der Waals surface area contributed by atoms with Crippen LogP contribution in [-0.4, -0.2) is 36.9 Å². The zero-order valence-corrected chi connectivity index (χ0v) is 12.6. The summed E-state index contributed by atoms with van der Waals surface area (Å²) in [6, 6.07) is 5.45. The Morgan fingerprint density at radius 3 is 2.57 bits per heavy atom. The molecular formula is C13H17N3O4S. The van der Waals surface area contributed by atoms with E-state index in [1.807, 2.05) is 6.07 Å². The van der Waals surface area contributed by atoms with Gasteiger partial charge in [-0.3, -0.25) is 0 Å². The van der Waals surface area contributed by atoms with E-state index in [0.29, 0.717) is 0 Å². The molecule has 114 valence electrons. The van der Waals surface area contributed by atoms with Gasteiger partial charge in [0.2, 0.25) is 10.0 Å². The Morgan fingerprint density at radius 2 is 2.14 bits per heavy atom. The molecule has 0 aliphatic carbocycles. The van der Waals surface area contributed by atoms with Gasteiger partial charge in [0.15, 0.2) is 0 Å². The lowest BCUT2D eigenvalue weighted by molar-refractivity contribution is 0.0697. The van der Waals surface area contributed by atoms with Gasteiger partial charge >= 0.3 is 5.97 Å². The Hall–Kier alpha value is -2.11. The second-order valence-electron chi connectivity index (χ2n) is 4.54. The van der Waals surface area contributed by atoms with E-state index >= 15 is 0 Å². The third kappa shape index (κ3) is 3.71. The minimum Gasteiger partial charge on any atom is -0.478 e. The summed E-state index contributed by atoms with van der Waals surface area (Å²) in [5, 5.41) is 17.7. The molecule has 0 saturated carbocycles. The number of carboxylic acid groups (broad SMARTS) is 1. The highest BCUT2D eigenvalue weighted by Crippen LogP contribution is 2.24. The first-order chi connectivity index (χ1) is 9.73. The number of hydrogen-bond acceptors (Lipinski definition) is 5. The number of nitrogens with zero attached hydrogens (tertiary/aromatic N) is 2. The SMILES string of the molecule is CCN(CC(C)C#N)S(=O)(=O)c1ccc(C(=O)O)cc1N. The van der Waals surface area contributed by atoms with E-state index in [4.69, 9.17) is 16.1 Å². The van der Waals surface area contributed by atoms with Gasteiger partial charge in [-0.05, 0) is 25.1 Å². The molecule has 0 fully saturated rings. The third-order valence-corrected chi connectivity index (χ3v) is 4.94. The van der Waals surface area contributed by atoms with Gasteiger partial charge < -0.3 is 10.8 Å². The number of nitrogens with two attached hydrogens (primary N) is 1. The average molecular weight is 311 g/mol. The van der Waals surface area contributed by atoms with Crippen LogP contribution >= 0.6 is 0 Å². The summed E-state index contributed by atoms with van der Waals surface area (Å²) in [4.78, 5) is 10.7. The second kappa shape index (κ2) is 6.56. The van der Waals surface area contributed by atoms with Crippen molar-refractivity contribution in [3.05, 3.63) is 23.8 Å². The molecule has 0 radical (unpaired) electrons. The number of sulfonamides is 1. The van der Waals surface area contributed by atoms with Crippen molar-refractivity contribution < 1.29 is 18.3 Å². The van der Waals surface area contributed by atoms with Crippen LogP contribution in [0.25, 0.3) is 0 Å². The highest BCUT2D eigenvalue weighted by atomic mass is 32.2. The zero-order valence-electron chi connectivity index (χ0n) is 11.8. The number of hydrogen-bond donors (Lipinski definition) is 2. The van der Waals surface area contributed by atoms with Gasteiger partial charge in [-0.15, -0.1) is 0 Å². The second-order valence-corrected chi connectivity index (χ2v) is 6.45. The van der Waals surface area contributed by atoms with Crippen LogP contribution in [0.3, 0.4) is 0 Å². The summed E-state index contributed by atoms with van der Waals surface area (Å²) in [6.45, 7) is 3.52. The van der Waals surface area contributed by atoms with Crippen LogP contribution in [0.2, 0.25) is 0 Å². The number of carboxylic acids is 1. The van der Waals surface area contributed by atoms with Crippen LogP contribution in [0.5, 0.6) is 0 Å². The van der Waals surface area contributed by atoms with Crippen molar-refractivity contribution in [3.8, 4) is 6.07 Å². The minimum absolute atomic E-state index is 0.0510. The highest BCUT2D eigenvalue weighted by molar-refractivity contribution is 7.89. The summed E-state index contributed by atoms with van der Waals surface area (Å²) in [7, 11) is -3.87. The van der Waals surface area contributed by atoms with Crippen LogP contribution in [-0.2, 0) is 10.0 Å². The Bertz CT molecular complexity index is 679. The minimum atomic E-state index is -3.87. The number of aromatic carboxylic acids is 1. The van der Waals surface area contributed by atoms with E-state index in [9.17, 15) is 13.2 Å². The fourth-order valence-corrected chi connectivity index (χ4v) is 3.43. The number of benzene rings is 1. The van der Waals surface area contributed by atoms with Crippen molar-refractivity contribution in [2.24, 2.45) is 5.92 Å². The molecule has 1 rings (SSSR count).